The molecule has 22 heavy (non-hydrogen) atoms. The van der Waals surface area contributed by atoms with Crippen LogP contribution in [0.25, 0.3) is 0 Å². The number of rotatable bonds is 6. The van der Waals surface area contributed by atoms with Gasteiger partial charge in [0, 0.05) is 0 Å². The predicted molar refractivity (Wildman–Crippen MR) is 80.6 cm³/mol. The maximum atomic E-state index is 14.0. The molecule has 1 aromatic rings. The zero-order valence-electron chi connectivity index (χ0n) is 13.1. The van der Waals surface area contributed by atoms with Gasteiger partial charge in [-0.05, 0) is 57.2 Å². The van der Waals surface area contributed by atoms with Crippen molar-refractivity contribution in [1.82, 2.24) is 5.32 Å². The van der Waals surface area contributed by atoms with Crippen LogP contribution >= 0.6 is 0 Å². The second-order valence-electron chi connectivity index (χ2n) is 6.38. The number of nitrogens with zero attached hydrogens (tertiary/aromatic N) is 1. The fraction of sp³-hybridized carbons (Fsp3) is 0.529. The van der Waals surface area contributed by atoms with Gasteiger partial charge in [-0.2, -0.15) is 5.26 Å². The summed E-state index contributed by atoms with van der Waals surface area (Å²) in [4.78, 5) is 12.0. The molecule has 0 saturated heterocycles. The Morgan fingerprint density at radius 2 is 2.23 bits per heavy atom. The summed E-state index contributed by atoms with van der Waals surface area (Å²) in [5.74, 6) is -0.00667. The molecule has 0 aliphatic heterocycles. The van der Waals surface area contributed by atoms with Crippen LogP contribution in [0.3, 0.4) is 0 Å². The van der Waals surface area contributed by atoms with Crippen LogP contribution in [0.1, 0.15) is 45.2 Å². The van der Waals surface area contributed by atoms with Crippen molar-refractivity contribution in [3.8, 4) is 11.8 Å². The van der Waals surface area contributed by atoms with Crippen molar-refractivity contribution in [2.75, 3.05) is 6.61 Å². The third kappa shape index (κ3) is 3.97. The van der Waals surface area contributed by atoms with Crippen LogP contribution in [-0.2, 0) is 4.79 Å². The maximum Gasteiger partial charge on any atom is 0.240 e. The molecule has 0 bridgehead atoms. The molecule has 2 rings (SSSR count). The second-order valence-corrected chi connectivity index (χ2v) is 6.38. The molecule has 0 aromatic heterocycles. The van der Waals surface area contributed by atoms with Crippen LogP contribution in [0.15, 0.2) is 18.2 Å². The van der Waals surface area contributed by atoms with Crippen LogP contribution in [0.5, 0.6) is 5.75 Å². The van der Waals surface area contributed by atoms with E-state index in [1.165, 1.54) is 6.07 Å². The molecule has 1 fully saturated rings. The molecule has 0 unspecified atom stereocenters. The van der Waals surface area contributed by atoms with Crippen molar-refractivity contribution >= 4 is 5.91 Å². The number of ether oxygens (including phenoxy) is 1. The Morgan fingerprint density at radius 1 is 1.55 bits per heavy atom. The normalized spacial score (nSPS) is 15.8. The number of hydrogen-bond donors (Lipinski definition) is 1. The lowest BCUT2D eigenvalue weighted by Crippen LogP contribution is -2.37. The topological polar surface area (TPSA) is 62.1 Å². The standard InChI is InChI=1S/C17H21FN2O2/c1-11(20-16(21)17(2,3)10-19)13-6-7-15(14(18)8-13)22-9-12-4-5-12/h6-8,11-12H,4-5,9H2,1-3H3,(H,20,21)/t11-/m1/s1. The molecular formula is C17H21FN2O2. The molecule has 0 heterocycles. The summed E-state index contributed by atoms with van der Waals surface area (Å²) in [5.41, 5.74) is -0.474. The molecule has 118 valence electrons. The number of nitriles is 1. The van der Waals surface area contributed by atoms with Gasteiger partial charge in [0.05, 0.1) is 18.7 Å². The Hall–Kier alpha value is -2.09. The van der Waals surface area contributed by atoms with Crippen molar-refractivity contribution in [3.63, 3.8) is 0 Å². The van der Waals surface area contributed by atoms with E-state index < -0.39 is 11.2 Å². The summed E-state index contributed by atoms with van der Waals surface area (Å²) in [5, 5.41) is 11.7. The van der Waals surface area contributed by atoms with Crippen molar-refractivity contribution in [2.45, 2.75) is 39.7 Å². The molecule has 1 aromatic carbocycles. The van der Waals surface area contributed by atoms with Crippen LogP contribution < -0.4 is 10.1 Å². The Morgan fingerprint density at radius 3 is 2.77 bits per heavy atom. The van der Waals surface area contributed by atoms with E-state index in [2.05, 4.69) is 5.32 Å². The molecule has 1 N–H and O–H groups in total. The molecule has 1 aliphatic carbocycles. The van der Waals surface area contributed by atoms with E-state index in [4.69, 9.17) is 10.00 Å². The van der Waals surface area contributed by atoms with Gasteiger partial charge in [0.15, 0.2) is 11.6 Å². The summed E-state index contributed by atoms with van der Waals surface area (Å²) in [6.45, 7) is 5.40. The van der Waals surface area contributed by atoms with Crippen molar-refractivity contribution in [3.05, 3.63) is 29.6 Å². The third-order valence-corrected chi connectivity index (χ3v) is 3.82. The Balaban J connectivity index is 2.00. The minimum atomic E-state index is -1.11. The molecule has 1 saturated carbocycles. The minimum absolute atomic E-state index is 0.242. The van der Waals surface area contributed by atoms with Crippen molar-refractivity contribution in [1.29, 1.82) is 5.26 Å². The molecule has 5 heteroatoms. The van der Waals surface area contributed by atoms with E-state index >= 15 is 0 Å². The lowest BCUT2D eigenvalue weighted by atomic mass is 9.94. The summed E-state index contributed by atoms with van der Waals surface area (Å²) >= 11 is 0. The van der Waals surface area contributed by atoms with Crippen LogP contribution in [0.4, 0.5) is 4.39 Å². The molecular weight excluding hydrogens is 283 g/mol. The van der Waals surface area contributed by atoms with E-state index in [1.54, 1.807) is 32.9 Å². The van der Waals surface area contributed by atoms with Crippen LogP contribution in [-0.4, -0.2) is 12.5 Å². The third-order valence-electron chi connectivity index (χ3n) is 3.82. The maximum absolute atomic E-state index is 14.0. The molecule has 1 atom stereocenters. The Labute approximate surface area is 130 Å². The number of benzene rings is 1. The zero-order chi connectivity index (χ0) is 16.3. The number of hydrogen-bond acceptors (Lipinski definition) is 3. The van der Waals surface area contributed by atoms with E-state index in [0.29, 0.717) is 18.1 Å². The quantitative estimate of drug-likeness (QED) is 0.876. The predicted octanol–water partition coefficient (Wildman–Crippen LogP) is 3.34. The molecule has 0 spiro atoms. The summed E-state index contributed by atoms with van der Waals surface area (Å²) < 4.78 is 19.5. The highest BCUT2D eigenvalue weighted by molar-refractivity contribution is 5.84. The van der Waals surface area contributed by atoms with Gasteiger partial charge in [-0.25, -0.2) is 4.39 Å². The average molecular weight is 304 g/mol. The summed E-state index contributed by atoms with van der Waals surface area (Å²) in [6.07, 6.45) is 2.30. The van der Waals surface area contributed by atoms with Gasteiger partial charge in [0.1, 0.15) is 5.41 Å². The second kappa shape index (κ2) is 6.35. The van der Waals surface area contributed by atoms with E-state index in [1.807, 2.05) is 6.07 Å². The lowest BCUT2D eigenvalue weighted by molar-refractivity contribution is -0.127. The fourth-order valence-corrected chi connectivity index (χ4v) is 1.91. The molecule has 1 aliphatic rings. The highest BCUT2D eigenvalue weighted by Crippen LogP contribution is 2.30. The number of halogens is 1. The zero-order valence-corrected chi connectivity index (χ0v) is 13.1. The smallest absolute Gasteiger partial charge is 0.240 e. The number of carbonyl (C=O) groups excluding carboxylic acids is 1. The average Bonchev–Trinajstić information content (AvgIpc) is 3.29. The lowest BCUT2D eigenvalue weighted by Gasteiger charge is -2.20. The summed E-state index contributed by atoms with van der Waals surface area (Å²) in [7, 11) is 0. The monoisotopic (exact) mass is 304 g/mol. The Bertz CT molecular complexity index is 603. The van der Waals surface area contributed by atoms with Crippen molar-refractivity contribution < 1.29 is 13.9 Å². The van der Waals surface area contributed by atoms with Gasteiger partial charge in [-0.15, -0.1) is 0 Å². The van der Waals surface area contributed by atoms with Crippen molar-refractivity contribution in [2.24, 2.45) is 11.3 Å². The highest BCUT2D eigenvalue weighted by atomic mass is 19.1. The molecule has 4 nitrogen and oxygen atoms in total. The first kappa shape index (κ1) is 16.3. The van der Waals surface area contributed by atoms with Gasteiger partial charge in [-0.1, -0.05) is 6.07 Å². The van der Waals surface area contributed by atoms with Gasteiger partial charge in [0.2, 0.25) is 5.91 Å². The SMILES string of the molecule is C[C@@H](NC(=O)C(C)(C)C#N)c1ccc(OCC2CC2)c(F)c1. The Kier molecular flexibility index (Phi) is 4.70. The molecule has 0 radical (unpaired) electrons. The number of carbonyl (C=O) groups is 1. The van der Waals surface area contributed by atoms with Crippen LogP contribution in [0, 0.1) is 28.5 Å². The summed E-state index contributed by atoms with van der Waals surface area (Å²) in [6, 6.07) is 6.25. The van der Waals surface area contributed by atoms with Crippen LogP contribution in [0.2, 0.25) is 0 Å². The first-order valence-electron chi connectivity index (χ1n) is 7.48. The van der Waals surface area contributed by atoms with E-state index in [9.17, 15) is 9.18 Å². The van der Waals surface area contributed by atoms with E-state index in [0.717, 1.165) is 12.8 Å². The van der Waals surface area contributed by atoms with E-state index in [-0.39, 0.29) is 17.7 Å². The first-order chi connectivity index (χ1) is 10.3. The first-order valence-corrected chi connectivity index (χ1v) is 7.48. The van der Waals surface area contributed by atoms with Gasteiger partial charge < -0.3 is 10.1 Å². The fourth-order valence-electron chi connectivity index (χ4n) is 1.91. The van der Waals surface area contributed by atoms with Gasteiger partial charge in [0.25, 0.3) is 0 Å². The minimum Gasteiger partial charge on any atom is -0.490 e. The number of amides is 1. The van der Waals surface area contributed by atoms with Gasteiger partial charge >= 0.3 is 0 Å². The highest BCUT2D eigenvalue weighted by Gasteiger charge is 2.28. The van der Waals surface area contributed by atoms with Gasteiger partial charge in [-0.3, -0.25) is 4.79 Å². The largest absolute Gasteiger partial charge is 0.490 e. The molecule has 1 amide bonds. The number of nitrogens with one attached hydrogen (secondary N) is 1.